The number of halogens is 2. The van der Waals surface area contributed by atoms with Crippen molar-refractivity contribution in [1.29, 1.82) is 0 Å². The highest BCUT2D eigenvalue weighted by atomic mass is 35.5. The van der Waals surface area contributed by atoms with E-state index in [2.05, 4.69) is 4.72 Å². The number of esters is 1. The van der Waals surface area contributed by atoms with Crippen LogP contribution in [0.2, 0.25) is 5.02 Å². The first kappa shape index (κ1) is 20.8. The molecule has 1 unspecified atom stereocenters. The molecule has 10 heteroatoms. The van der Waals surface area contributed by atoms with E-state index in [0.29, 0.717) is 0 Å². The third-order valence-electron chi connectivity index (χ3n) is 4.15. The summed E-state index contributed by atoms with van der Waals surface area (Å²) >= 11 is 5.68. The molecule has 3 rings (SSSR count). The number of carbonyl (C=O) groups is 2. The quantitative estimate of drug-likeness (QED) is 0.719. The van der Waals surface area contributed by atoms with Gasteiger partial charge >= 0.3 is 5.97 Å². The maximum Gasteiger partial charge on any atom is 0.308 e. The van der Waals surface area contributed by atoms with E-state index < -0.39 is 44.8 Å². The Hall–Kier alpha value is -2.91. The molecule has 0 aliphatic carbocycles. The lowest BCUT2D eigenvalue weighted by Crippen LogP contribution is -2.32. The summed E-state index contributed by atoms with van der Waals surface area (Å²) in [4.78, 5) is 24.3. The van der Waals surface area contributed by atoms with Gasteiger partial charge in [-0.25, -0.2) is 17.5 Å². The van der Waals surface area contributed by atoms with Crippen molar-refractivity contribution in [2.75, 3.05) is 0 Å². The van der Waals surface area contributed by atoms with Crippen LogP contribution in [0.5, 0.6) is 0 Å². The standard InChI is InChI=1S/C19H15ClFNO6S/c1-11(23)27-16-17(24)19(2,12-8-9-14(20)15(21)10-12)28-18(16)22-29(25,26)13-6-4-3-5-7-13/h3-10,22H,1-2H3. The van der Waals surface area contributed by atoms with E-state index in [1.807, 2.05) is 0 Å². The predicted octanol–water partition coefficient (Wildman–Crippen LogP) is 3.00. The van der Waals surface area contributed by atoms with Gasteiger partial charge in [0.05, 0.1) is 9.92 Å². The summed E-state index contributed by atoms with van der Waals surface area (Å²) in [6, 6.07) is 10.9. The summed E-state index contributed by atoms with van der Waals surface area (Å²) in [6.07, 6.45) is 0. The average Bonchev–Trinajstić information content (AvgIpc) is 2.89. The Bertz CT molecular complexity index is 1130. The summed E-state index contributed by atoms with van der Waals surface area (Å²) in [5.41, 5.74) is -1.78. The van der Waals surface area contributed by atoms with Crippen LogP contribution in [0.4, 0.5) is 4.39 Å². The average molecular weight is 440 g/mol. The Labute approximate surface area is 171 Å². The zero-order chi connectivity index (χ0) is 21.4. The Morgan fingerprint density at radius 2 is 1.86 bits per heavy atom. The number of benzene rings is 2. The molecule has 29 heavy (non-hydrogen) atoms. The Morgan fingerprint density at radius 3 is 2.45 bits per heavy atom. The van der Waals surface area contributed by atoms with Gasteiger partial charge in [0.15, 0.2) is 5.60 Å². The van der Waals surface area contributed by atoms with Gasteiger partial charge in [0, 0.05) is 12.5 Å². The van der Waals surface area contributed by atoms with Crippen molar-refractivity contribution in [2.24, 2.45) is 0 Å². The van der Waals surface area contributed by atoms with E-state index in [4.69, 9.17) is 21.1 Å². The number of ether oxygens (including phenoxy) is 2. The van der Waals surface area contributed by atoms with E-state index in [1.54, 1.807) is 6.07 Å². The van der Waals surface area contributed by atoms with Crippen LogP contribution in [0, 0.1) is 5.82 Å². The molecule has 1 N–H and O–H groups in total. The molecule has 152 valence electrons. The van der Waals surface area contributed by atoms with Gasteiger partial charge in [-0.15, -0.1) is 0 Å². The molecular formula is C19H15ClFNO6S. The van der Waals surface area contributed by atoms with Crippen molar-refractivity contribution >= 4 is 33.4 Å². The van der Waals surface area contributed by atoms with Gasteiger partial charge in [-0.05, 0) is 31.2 Å². The molecule has 1 aliphatic heterocycles. The Morgan fingerprint density at radius 1 is 1.21 bits per heavy atom. The molecule has 1 aliphatic rings. The van der Waals surface area contributed by atoms with E-state index >= 15 is 0 Å². The summed E-state index contributed by atoms with van der Waals surface area (Å²) in [6.45, 7) is 2.34. The van der Waals surface area contributed by atoms with Crippen molar-refractivity contribution in [1.82, 2.24) is 4.72 Å². The van der Waals surface area contributed by atoms with Gasteiger partial charge in [0.2, 0.25) is 5.76 Å². The molecule has 7 nitrogen and oxygen atoms in total. The molecule has 2 aromatic carbocycles. The molecule has 0 bridgehead atoms. The topological polar surface area (TPSA) is 98.8 Å². The zero-order valence-electron chi connectivity index (χ0n) is 15.2. The maximum absolute atomic E-state index is 13.9. The lowest BCUT2D eigenvalue weighted by atomic mass is 9.91. The van der Waals surface area contributed by atoms with Crippen molar-refractivity contribution in [3.05, 3.63) is 76.6 Å². The van der Waals surface area contributed by atoms with Gasteiger partial charge in [0.25, 0.3) is 21.7 Å². The fraction of sp³-hybridized carbons (Fsp3) is 0.158. The molecule has 0 spiro atoms. The second-order valence-corrected chi connectivity index (χ2v) is 8.35. The largest absolute Gasteiger partial charge is 0.456 e. The highest BCUT2D eigenvalue weighted by Crippen LogP contribution is 2.39. The SMILES string of the molecule is CC(=O)OC1=C(NS(=O)(=O)c2ccccc2)OC(C)(c2ccc(Cl)c(F)c2)C1=O. The summed E-state index contributed by atoms with van der Waals surface area (Å²) in [7, 11) is -4.15. The molecule has 0 radical (unpaired) electrons. The summed E-state index contributed by atoms with van der Waals surface area (Å²) < 4.78 is 51.7. The van der Waals surface area contributed by atoms with Gasteiger partial charge in [-0.1, -0.05) is 35.9 Å². The normalized spacial score (nSPS) is 19.1. The Kier molecular flexibility index (Phi) is 5.38. The Balaban J connectivity index is 2.03. The lowest BCUT2D eigenvalue weighted by Gasteiger charge is -2.24. The molecule has 0 fully saturated rings. The van der Waals surface area contributed by atoms with Crippen molar-refractivity contribution in [2.45, 2.75) is 24.3 Å². The van der Waals surface area contributed by atoms with Crippen LogP contribution in [-0.4, -0.2) is 20.2 Å². The highest BCUT2D eigenvalue weighted by molar-refractivity contribution is 7.89. The molecule has 0 saturated carbocycles. The monoisotopic (exact) mass is 439 g/mol. The van der Waals surface area contributed by atoms with E-state index in [0.717, 1.165) is 13.0 Å². The van der Waals surface area contributed by atoms with Crippen LogP contribution in [0.3, 0.4) is 0 Å². The van der Waals surface area contributed by atoms with E-state index in [-0.39, 0.29) is 15.5 Å². The van der Waals surface area contributed by atoms with Crippen LogP contribution < -0.4 is 4.72 Å². The minimum atomic E-state index is -4.15. The smallest absolute Gasteiger partial charge is 0.308 e. The van der Waals surface area contributed by atoms with Crippen LogP contribution in [0.15, 0.2) is 65.1 Å². The number of hydrogen-bond donors (Lipinski definition) is 1. The second-order valence-electron chi connectivity index (χ2n) is 6.26. The molecule has 2 aromatic rings. The number of nitrogens with one attached hydrogen (secondary N) is 1. The highest BCUT2D eigenvalue weighted by Gasteiger charge is 2.50. The summed E-state index contributed by atoms with van der Waals surface area (Å²) in [5.74, 6) is -3.73. The number of Topliss-reactive ketones (excluding diaryl/α,β-unsaturated/α-hetero) is 1. The zero-order valence-corrected chi connectivity index (χ0v) is 16.8. The first-order valence-corrected chi connectivity index (χ1v) is 10.1. The first-order chi connectivity index (χ1) is 13.5. The maximum atomic E-state index is 13.9. The van der Waals surface area contributed by atoms with Crippen molar-refractivity contribution < 1.29 is 31.9 Å². The second kappa shape index (κ2) is 7.49. The van der Waals surface area contributed by atoms with Crippen LogP contribution >= 0.6 is 11.6 Å². The molecule has 1 heterocycles. The van der Waals surface area contributed by atoms with Gasteiger partial charge in [0.1, 0.15) is 5.82 Å². The number of carbonyl (C=O) groups excluding carboxylic acids is 2. The third kappa shape index (κ3) is 3.96. The predicted molar refractivity (Wildman–Crippen MR) is 100 cm³/mol. The number of hydrogen-bond acceptors (Lipinski definition) is 6. The molecule has 0 aromatic heterocycles. The number of sulfonamides is 1. The molecule has 1 atom stereocenters. The van der Waals surface area contributed by atoms with Crippen LogP contribution in [-0.2, 0) is 34.7 Å². The molecule has 0 saturated heterocycles. The fourth-order valence-corrected chi connectivity index (χ4v) is 3.81. The minimum absolute atomic E-state index is 0.0583. The summed E-state index contributed by atoms with van der Waals surface area (Å²) in [5, 5.41) is -0.166. The van der Waals surface area contributed by atoms with Crippen molar-refractivity contribution in [3.8, 4) is 0 Å². The van der Waals surface area contributed by atoms with Crippen LogP contribution in [0.1, 0.15) is 19.4 Å². The first-order valence-electron chi connectivity index (χ1n) is 8.24. The fourth-order valence-electron chi connectivity index (χ4n) is 2.68. The van der Waals surface area contributed by atoms with Crippen molar-refractivity contribution in [3.63, 3.8) is 0 Å². The van der Waals surface area contributed by atoms with Gasteiger partial charge < -0.3 is 9.47 Å². The van der Waals surface area contributed by atoms with E-state index in [9.17, 15) is 22.4 Å². The molecular weight excluding hydrogens is 425 g/mol. The molecule has 0 amide bonds. The minimum Gasteiger partial charge on any atom is -0.456 e. The van der Waals surface area contributed by atoms with E-state index in [1.165, 1.54) is 43.3 Å². The third-order valence-corrected chi connectivity index (χ3v) is 5.80. The van der Waals surface area contributed by atoms with Gasteiger partial charge in [-0.2, -0.15) is 0 Å². The number of rotatable bonds is 5. The van der Waals surface area contributed by atoms with Gasteiger partial charge in [-0.3, -0.25) is 9.59 Å². The lowest BCUT2D eigenvalue weighted by molar-refractivity contribution is -0.142. The number of ketones is 1. The van der Waals surface area contributed by atoms with Crippen LogP contribution in [0.25, 0.3) is 0 Å².